The van der Waals surface area contributed by atoms with Crippen LogP contribution < -0.4 is 5.01 Å². The van der Waals surface area contributed by atoms with Gasteiger partial charge in [-0.1, -0.05) is 35.4 Å². The lowest BCUT2D eigenvalue weighted by Gasteiger charge is -2.50. The van der Waals surface area contributed by atoms with Crippen LogP contribution in [0.1, 0.15) is 35.6 Å². The minimum absolute atomic E-state index is 0.0115. The van der Waals surface area contributed by atoms with Crippen LogP contribution in [0.3, 0.4) is 0 Å². The van der Waals surface area contributed by atoms with Crippen LogP contribution in [-0.4, -0.2) is 67.5 Å². The highest BCUT2D eigenvalue weighted by Gasteiger charge is 2.76. The van der Waals surface area contributed by atoms with E-state index in [0.717, 1.165) is 21.0 Å². The Bertz CT molecular complexity index is 1700. The number of alkyl halides is 5. The predicted octanol–water partition coefficient (Wildman–Crippen LogP) is 4.81. The van der Waals surface area contributed by atoms with E-state index in [4.69, 9.17) is 34.8 Å². The predicted molar refractivity (Wildman–Crippen MR) is 153 cm³/mol. The minimum atomic E-state index is -4.81. The minimum Gasteiger partial charge on any atom is -0.508 e. The lowest BCUT2D eigenvalue weighted by molar-refractivity contribution is -0.141. The fourth-order valence-corrected chi connectivity index (χ4v) is 8.41. The molecule has 4 aliphatic rings. The molecule has 3 heterocycles. The maximum Gasteiger partial charge on any atom is 0.433 e. The number of aromatic nitrogens is 1. The van der Waals surface area contributed by atoms with Gasteiger partial charge in [-0.05, 0) is 55.0 Å². The summed E-state index contributed by atoms with van der Waals surface area (Å²) in [7, 11) is 2.48. The molecule has 0 spiro atoms. The van der Waals surface area contributed by atoms with Crippen molar-refractivity contribution in [2.75, 3.05) is 19.1 Å². The first-order chi connectivity index (χ1) is 20.4. The van der Waals surface area contributed by atoms with Crippen LogP contribution in [0, 0.1) is 24.7 Å². The lowest BCUT2D eigenvalue weighted by Crippen LogP contribution is -2.60. The van der Waals surface area contributed by atoms with Crippen molar-refractivity contribution in [3.05, 3.63) is 63.8 Å². The summed E-state index contributed by atoms with van der Waals surface area (Å²) in [5, 5.41) is 11.6. The monoisotopic (exact) mass is 670 g/mol. The Labute approximate surface area is 264 Å². The number of fused-ring (bicyclic) bond motifs is 4. The van der Waals surface area contributed by atoms with Gasteiger partial charge in [0.1, 0.15) is 11.4 Å². The summed E-state index contributed by atoms with van der Waals surface area (Å²) in [6, 6.07) is 6.27. The van der Waals surface area contributed by atoms with Gasteiger partial charge in [-0.25, -0.2) is 4.98 Å². The number of carbonyl (C=O) groups is 4. The molecular formula is C29H24Cl3F3N4O5. The zero-order valence-corrected chi connectivity index (χ0v) is 25.6. The number of benzene rings is 1. The fraction of sp³-hybridized carbons (Fsp3) is 0.414. The molecule has 44 heavy (non-hydrogen) atoms. The van der Waals surface area contributed by atoms with Gasteiger partial charge in [0.15, 0.2) is 15.6 Å². The molecule has 6 rings (SSSR count). The molecule has 2 aromatic rings. The fourth-order valence-electron chi connectivity index (χ4n) is 7.17. The number of anilines is 1. The summed E-state index contributed by atoms with van der Waals surface area (Å²) in [6.07, 6.45) is -3.30. The van der Waals surface area contributed by atoms with E-state index in [1.165, 1.54) is 20.2 Å². The third-order valence-corrected chi connectivity index (χ3v) is 11.0. The number of allylic oxidation sites excluding steroid dienone is 2. The van der Waals surface area contributed by atoms with Crippen molar-refractivity contribution < 1.29 is 37.5 Å². The number of aromatic hydroxyl groups is 1. The standard InChI is InChI=1S/C29H24Cl3F3N4O5/c1-12-10-13(4-8-18(12)40)21-14-5-6-15-20(16(14)11-27(31)25(43)37(2)26(44)28(21,27)32)24(42)39(23(15)41)38(3)22-17(30)7-9-19(36-22)29(33,34)35/h4-5,7-10,15-16,20-21,40H,6,11H2,1-3H3/t15-,16+,20-,21-,27+,28-/m0/s1. The number of phenolic OH excluding ortho intramolecular Hbond substituents is 1. The molecule has 15 heteroatoms. The number of nitrogens with zero attached hydrogens (tertiary/aromatic N) is 4. The molecule has 2 saturated heterocycles. The van der Waals surface area contributed by atoms with Crippen molar-refractivity contribution >= 4 is 64.2 Å². The van der Waals surface area contributed by atoms with Crippen molar-refractivity contribution in [1.82, 2.24) is 14.9 Å². The van der Waals surface area contributed by atoms with E-state index in [0.29, 0.717) is 22.8 Å². The maximum absolute atomic E-state index is 14.1. The van der Waals surface area contributed by atoms with Crippen molar-refractivity contribution in [1.29, 1.82) is 0 Å². The van der Waals surface area contributed by atoms with Crippen LogP contribution in [0.25, 0.3) is 0 Å². The number of hydrazine groups is 1. The normalized spacial score (nSPS) is 31.6. The summed E-state index contributed by atoms with van der Waals surface area (Å²) >= 11 is 20.4. The quantitative estimate of drug-likeness (QED) is 0.283. The van der Waals surface area contributed by atoms with E-state index >= 15 is 0 Å². The van der Waals surface area contributed by atoms with Crippen LogP contribution in [0.15, 0.2) is 42.0 Å². The molecule has 0 bridgehead atoms. The van der Waals surface area contributed by atoms with Gasteiger partial charge >= 0.3 is 6.18 Å². The Morgan fingerprint density at radius 1 is 1.05 bits per heavy atom. The number of carbonyl (C=O) groups excluding carboxylic acids is 4. The third-order valence-electron chi connectivity index (χ3n) is 9.27. The van der Waals surface area contributed by atoms with Crippen LogP contribution >= 0.6 is 34.8 Å². The summed E-state index contributed by atoms with van der Waals surface area (Å²) < 4.78 is 40.3. The zero-order chi connectivity index (χ0) is 32.3. The van der Waals surface area contributed by atoms with E-state index in [1.807, 2.05) is 0 Å². The van der Waals surface area contributed by atoms with Crippen molar-refractivity contribution in [2.45, 2.75) is 41.6 Å². The number of hydrogen-bond donors (Lipinski definition) is 1. The van der Waals surface area contributed by atoms with Crippen LogP contribution in [0.4, 0.5) is 19.0 Å². The molecule has 2 aliphatic heterocycles. The van der Waals surface area contributed by atoms with Gasteiger partial charge in [-0.15, -0.1) is 23.2 Å². The molecule has 6 atom stereocenters. The Kier molecular flexibility index (Phi) is 6.85. The smallest absolute Gasteiger partial charge is 0.433 e. The topological polar surface area (TPSA) is 111 Å². The summed E-state index contributed by atoms with van der Waals surface area (Å²) in [5.41, 5.74) is 0.200. The average Bonchev–Trinajstić information content (AvgIpc) is 3.28. The van der Waals surface area contributed by atoms with Gasteiger partial charge in [0.25, 0.3) is 23.6 Å². The van der Waals surface area contributed by atoms with Crippen molar-refractivity contribution in [3.63, 3.8) is 0 Å². The molecule has 4 amide bonds. The number of phenols is 1. The molecule has 232 valence electrons. The number of rotatable bonds is 3. The highest BCUT2D eigenvalue weighted by Crippen LogP contribution is 2.65. The molecule has 3 fully saturated rings. The molecule has 1 aromatic carbocycles. The molecule has 0 unspecified atom stereocenters. The number of pyridine rings is 1. The largest absolute Gasteiger partial charge is 0.508 e. The molecule has 1 saturated carbocycles. The van der Waals surface area contributed by atoms with Crippen molar-refractivity contribution in [2.24, 2.45) is 17.8 Å². The average molecular weight is 672 g/mol. The van der Waals surface area contributed by atoms with Crippen molar-refractivity contribution in [3.8, 4) is 5.75 Å². The second-order valence-electron chi connectivity index (χ2n) is 11.6. The van der Waals surface area contributed by atoms with Crippen LogP contribution in [0.2, 0.25) is 5.02 Å². The Balaban J connectivity index is 1.46. The number of amides is 4. The van der Waals surface area contributed by atoms with E-state index in [9.17, 15) is 37.5 Å². The third kappa shape index (κ3) is 3.96. The summed E-state index contributed by atoms with van der Waals surface area (Å²) in [4.78, 5) is 55.5. The van der Waals surface area contributed by atoms with Gasteiger partial charge in [0, 0.05) is 20.0 Å². The second-order valence-corrected chi connectivity index (χ2v) is 13.2. The first-order valence-electron chi connectivity index (χ1n) is 13.5. The highest BCUT2D eigenvalue weighted by atomic mass is 35.5. The van der Waals surface area contributed by atoms with E-state index in [1.54, 1.807) is 25.1 Å². The molecule has 1 aromatic heterocycles. The Morgan fingerprint density at radius 3 is 2.36 bits per heavy atom. The van der Waals surface area contributed by atoms with Crippen LogP contribution in [0.5, 0.6) is 5.75 Å². The maximum atomic E-state index is 14.1. The summed E-state index contributed by atoms with van der Waals surface area (Å²) in [5.74, 6) is -7.28. The van der Waals surface area contributed by atoms with Crippen LogP contribution in [-0.2, 0) is 25.4 Å². The zero-order valence-electron chi connectivity index (χ0n) is 23.3. The first kappa shape index (κ1) is 30.7. The van der Waals surface area contributed by atoms with Gasteiger partial charge < -0.3 is 5.11 Å². The number of likely N-dealkylation sites (tertiary alicyclic amines) is 1. The number of aryl methyl sites for hydroxylation is 1. The van der Waals surface area contributed by atoms with Gasteiger partial charge in [-0.3, -0.25) is 29.1 Å². The second kappa shape index (κ2) is 9.82. The molecule has 9 nitrogen and oxygen atoms in total. The number of hydrogen-bond acceptors (Lipinski definition) is 7. The highest BCUT2D eigenvalue weighted by molar-refractivity contribution is 6.53. The molecular weight excluding hydrogens is 648 g/mol. The van der Waals surface area contributed by atoms with Gasteiger partial charge in [0.2, 0.25) is 0 Å². The first-order valence-corrected chi connectivity index (χ1v) is 14.6. The Morgan fingerprint density at radius 2 is 1.73 bits per heavy atom. The molecule has 2 aliphatic carbocycles. The number of halogens is 6. The molecule has 0 radical (unpaired) electrons. The van der Waals surface area contributed by atoms with E-state index in [-0.39, 0.29) is 23.6 Å². The van der Waals surface area contributed by atoms with E-state index in [2.05, 4.69) is 4.98 Å². The summed E-state index contributed by atoms with van der Waals surface area (Å²) in [6.45, 7) is 1.65. The lowest BCUT2D eigenvalue weighted by atomic mass is 9.56. The van der Waals surface area contributed by atoms with E-state index < -0.39 is 74.7 Å². The SMILES string of the molecule is Cc1cc([C@H]2C3=CC[C@@H]4C(=O)N(N(C)c5nc(C(F)(F)F)ccc5Cl)C(=O)[C@@H]4[C@@H]3C[C@@]3(Cl)C(=O)N(C)C(=O)[C@@]23Cl)ccc1O. The van der Waals surface area contributed by atoms with Gasteiger partial charge in [-0.2, -0.15) is 18.2 Å². The number of imide groups is 2. The molecule has 1 N–H and O–H groups in total. The Hall–Kier alpha value is -3.35. The van der Waals surface area contributed by atoms with Gasteiger partial charge in [0.05, 0.1) is 16.9 Å².